The van der Waals surface area contributed by atoms with E-state index in [2.05, 4.69) is 25.4 Å². The fraction of sp³-hybridized carbons (Fsp3) is 0.389. The molecule has 0 aromatic carbocycles. The van der Waals surface area contributed by atoms with Crippen LogP contribution in [0.3, 0.4) is 0 Å². The Morgan fingerprint density at radius 1 is 1.27 bits per heavy atom. The van der Waals surface area contributed by atoms with Crippen LogP contribution in [0.25, 0.3) is 5.78 Å². The van der Waals surface area contributed by atoms with Crippen molar-refractivity contribution in [2.75, 3.05) is 0 Å². The van der Waals surface area contributed by atoms with Crippen LogP contribution in [0.2, 0.25) is 0 Å². The van der Waals surface area contributed by atoms with Crippen molar-refractivity contribution in [1.29, 1.82) is 0 Å². The molecule has 1 amide bonds. The first-order valence-corrected chi connectivity index (χ1v) is 8.81. The highest BCUT2D eigenvalue weighted by atomic mass is 16.5. The molecular weight excluding hydrogens is 332 g/mol. The molecule has 1 saturated carbocycles. The van der Waals surface area contributed by atoms with Crippen LogP contribution >= 0.6 is 0 Å². The lowest BCUT2D eigenvalue weighted by Gasteiger charge is -2.12. The fourth-order valence-corrected chi connectivity index (χ4v) is 3.06. The van der Waals surface area contributed by atoms with Gasteiger partial charge in [0.1, 0.15) is 6.10 Å². The molecule has 0 saturated heterocycles. The topological polar surface area (TPSA) is 94.3 Å². The predicted molar refractivity (Wildman–Crippen MR) is 93.5 cm³/mol. The summed E-state index contributed by atoms with van der Waals surface area (Å²) in [5.41, 5.74) is 0.950. The molecule has 0 atom stereocenters. The molecular formula is C18H20N6O2. The van der Waals surface area contributed by atoms with Crippen molar-refractivity contribution in [2.24, 2.45) is 0 Å². The van der Waals surface area contributed by atoms with Gasteiger partial charge in [0, 0.05) is 31.2 Å². The van der Waals surface area contributed by atoms with Gasteiger partial charge in [-0.05, 0) is 43.4 Å². The Hall–Kier alpha value is -3.03. The molecule has 1 aliphatic carbocycles. The normalized spacial score (nSPS) is 14.6. The number of nitrogens with one attached hydrogen (secondary N) is 1. The number of ether oxygens (including phenoxy) is 1. The van der Waals surface area contributed by atoms with E-state index in [-0.39, 0.29) is 18.4 Å². The third kappa shape index (κ3) is 3.96. The first-order valence-electron chi connectivity index (χ1n) is 8.81. The van der Waals surface area contributed by atoms with Crippen molar-refractivity contribution in [3.63, 3.8) is 0 Å². The molecule has 0 aliphatic heterocycles. The van der Waals surface area contributed by atoms with Crippen LogP contribution in [0.5, 0.6) is 5.88 Å². The minimum atomic E-state index is -0.143. The van der Waals surface area contributed by atoms with Crippen LogP contribution in [-0.2, 0) is 17.8 Å². The van der Waals surface area contributed by atoms with Crippen molar-refractivity contribution >= 4 is 11.7 Å². The van der Waals surface area contributed by atoms with E-state index in [0.717, 1.165) is 18.4 Å². The van der Waals surface area contributed by atoms with Crippen LogP contribution in [0.4, 0.5) is 0 Å². The summed E-state index contributed by atoms with van der Waals surface area (Å²) in [4.78, 5) is 24.7. The first kappa shape index (κ1) is 16.4. The van der Waals surface area contributed by atoms with Crippen molar-refractivity contribution in [2.45, 2.75) is 44.8 Å². The van der Waals surface area contributed by atoms with E-state index in [9.17, 15) is 4.79 Å². The van der Waals surface area contributed by atoms with Gasteiger partial charge in [0.15, 0.2) is 5.82 Å². The van der Waals surface area contributed by atoms with Gasteiger partial charge in [-0.1, -0.05) is 0 Å². The SMILES string of the molecule is O=C(Cc1nc2ncccn2n1)NCc1ccnc(OC2CCCC2)c1. The second kappa shape index (κ2) is 7.47. The van der Waals surface area contributed by atoms with E-state index in [0.29, 0.717) is 24.0 Å². The molecule has 8 heteroatoms. The minimum absolute atomic E-state index is 0.111. The summed E-state index contributed by atoms with van der Waals surface area (Å²) >= 11 is 0. The molecule has 3 aromatic heterocycles. The minimum Gasteiger partial charge on any atom is -0.474 e. The van der Waals surface area contributed by atoms with E-state index < -0.39 is 0 Å². The number of fused-ring (bicyclic) bond motifs is 1. The quantitative estimate of drug-likeness (QED) is 0.726. The summed E-state index contributed by atoms with van der Waals surface area (Å²) in [6.45, 7) is 0.411. The summed E-state index contributed by atoms with van der Waals surface area (Å²) < 4.78 is 7.45. The van der Waals surface area contributed by atoms with Crippen molar-refractivity contribution in [3.8, 4) is 5.88 Å². The maximum absolute atomic E-state index is 12.2. The highest BCUT2D eigenvalue weighted by molar-refractivity contribution is 5.77. The smallest absolute Gasteiger partial charge is 0.252 e. The van der Waals surface area contributed by atoms with Gasteiger partial charge in [-0.3, -0.25) is 4.79 Å². The van der Waals surface area contributed by atoms with Gasteiger partial charge >= 0.3 is 0 Å². The molecule has 0 unspecified atom stereocenters. The fourth-order valence-electron chi connectivity index (χ4n) is 3.06. The monoisotopic (exact) mass is 352 g/mol. The van der Waals surface area contributed by atoms with Crippen LogP contribution in [0, 0.1) is 0 Å². The number of carbonyl (C=O) groups is 1. The van der Waals surface area contributed by atoms with E-state index in [4.69, 9.17) is 4.74 Å². The molecule has 134 valence electrons. The molecule has 1 aliphatic rings. The molecule has 3 aromatic rings. The Morgan fingerprint density at radius 2 is 2.15 bits per heavy atom. The van der Waals surface area contributed by atoms with Gasteiger partial charge in [-0.2, -0.15) is 4.98 Å². The molecule has 1 fully saturated rings. The number of hydrogen-bond donors (Lipinski definition) is 1. The average molecular weight is 352 g/mol. The summed E-state index contributed by atoms with van der Waals surface area (Å²) in [6.07, 6.45) is 10.1. The first-order chi connectivity index (χ1) is 12.8. The van der Waals surface area contributed by atoms with Gasteiger partial charge < -0.3 is 10.1 Å². The van der Waals surface area contributed by atoms with E-state index >= 15 is 0 Å². The summed E-state index contributed by atoms with van der Waals surface area (Å²) in [6, 6.07) is 5.51. The molecule has 1 N–H and O–H groups in total. The van der Waals surface area contributed by atoms with Crippen molar-refractivity contribution < 1.29 is 9.53 Å². The standard InChI is InChI=1S/C18H20N6O2/c25-16(11-15-22-18-20-7-3-9-24(18)23-15)21-12-13-6-8-19-17(10-13)26-14-4-1-2-5-14/h3,6-10,14H,1-2,4-5,11-12H2,(H,21,25). The number of rotatable bonds is 6. The van der Waals surface area contributed by atoms with Crippen LogP contribution in [-0.4, -0.2) is 36.6 Å². The van der Waals surface area contributed by atoms with Gasteiger partial charge in [-0.25, -0.2) is 14.5 Å². The van der Waals surface area contributed by atoms with Crippen LogP contribution < -0.4 is 10.1 Å². The van der Waals surface area contributed by atoms with Gasteiger partial charge in [-0.15, -0.1) is 5.10 Å². The molecule has 26 heavy (non-hydrogen) atoms. The lowest BCUT2D eigenvalue weighted by atomic mass is 10.2. The highest BCUT2D eigenvalue weighted by Crippen LogP contribution is 2.23. The van der Waals surface area contributed by atoms with E-state index in [1.807, 2.05) is 12.1 Å². The maximum atomic E-state index is 12.2. The van der Waals surface area contributed by atoms with E-state index in [1.165, 1.54) is 12.8 Å². The number of amides is 1. The third-order valence-electron chi connectivity index (χ3n) is 4.36. The number of pyridine rings is 1. The predicted octanol–water partition coefficient (Wildman–Crippen LogP) is 1.70. The maximum Gasteiger partial charge on any atom is 0.252 e. The van der Waals surface area contributed by atoms with Crippen LogP contribution in [0.1, 0.15) is 37.1 Å². The number of hydrogen-bond acceptors (Lipinski definition) is 6. The molecule has 0 spiro atoms. The zero-order valence-electron chi connectivity index (χ0n) is 14.3. The second-order valence-corrected chi connectivity index (χ2v) is 6.37. The molecule has 0 bridgehead atoms. The highest BCUT2D eigenvalue weighted by Gasteiger charge is 2.17. The van der Waals surface area contributed by atoms with Gasteiger partial charge in [0.05, 0.1) is 6.42 Å². The molecule has 4 rings (SSSR count). The zero-order chi connectivity index (χ0) is 17.8. The number of carbonyl (C=O) groups excluding carboxylic acids is 1. The average Bonchev–Trinajstić information content (AvgIpc) is 3.29. The Bertz CT molecular complexity index is 870. The summed E-state index contributed by atoms with van der Waals surface area (Å²) in [5, 5.41) is 7.11. The Balaban J connectivity index is 1.32. The molecule has 0 radical (unpaired) electrons. The summed E-state index contributed by atoms with van der Waals surface area (Å²) in [7, 11) is 0. The Kier molecular flexibility index (Phi) is 4.72. The van der Waals surface area contributed by atoms with Crippen molar-refractivity contribution in [3.05, 3.63) is 48.2 Å². The van der Waals surface area contributed by atoms with Gasteiger partial charge in [0.2, 0.25) is 11.8 Å². The summed E-state index contributed by atoms with van der Waals surface area (Å²) in [5.74, 6) is 1.41. The lowest BCUT2D eigenvalue weighted by Crippen LogP contribution is -2.25. The molecule has 3 heterocycles. The Morgan fingerprint density at radius 3 is 3.00 bits per heavy atom. The Labute approximate surface area is 150 Å². The second-order valence-electron chi connectivity index (χ2n) is 6.37. The number of aromatic nitrogens is 5. The largest absolute Gasteiger partial charge is 0.474 e. The number of nitrogens with zero attached hydrogens (tertiary/aromatic N) is 5. The van der Waals surface area contributed by atoms with Gasteiger partial charge in [0.25, 0.3) is 5.78 Å². The third-order valence-corrected chi connectivity index (χ3v) is 4.36. The zero-order valence-corrected chi connectivity index (χ0v) is 14.3. The van der Waals surface area contributed by atoms with Crippen molar-refractivity contribution in [1.82, 2.24) is 29.9 Å². The molecule has 8 nitrogen and oxygen atoms in total. The van der Waals surface area contributed by atoms with E-state index in [1.54, 1.807) is 29.2 Å². The van der Waals surface area contributed by atoms with Crippen LogP contribution in [0.15, 0.2) is 36.8 Å². The lowest BCUT2D eigenvalue weighted by molar-refractivity contribution is -0.120.